The molecule has 0 fully saturated rings. The Labute approximate surface area is 205 Å². The fraction of sp³-hybridized carbons (Fsp3) is 0.423. The van der Waals surface area contributed by atoms with Gasteiger partial charge in [0.2, 0.25) is 11.7 Å². The monoisotopic (exact) mass is 479 g/mol. The van der Waals surface area contributed by atoms with Crippen molar-refractivity contribution in [3.05, 3.63) is 47.5 Å². The van der Waals surface area contributed by atoms with Crippen LogP contribution in [0.1, 0.15) is 31.9 Å². The van der Waals surface area contributed by atoms with E-state index in [4.69, 9.17) is 20.1 Å². The predicted molar refractivity (Wildman–Crippen MR) is 134 cm³/mol. The Morgan fingerprint density at radius 1 is 1.14 bits per heavy atom. The van der Waals surface area contributed by atoms with Crippen molar-refractivity contribution < 1.29 is 19.2 Å². The average Bonchev–Trinajstić information content (AvgIpc) is 3.24. The summed E-state index contributed by atoms with van der Waals surface area (Å²) in [6.07, 6.45) is 1.57. The molecule has 9 heteroatoms. The summed E-state index contributed by atoms with van der Waals surface area (Å²) in [7, 11) is 0. The van der Waals surface area contributed by atoms with Crippen LogP contribution in [0.15, 0.2) is 40.9 Å². The minimum absolute atomic E-state index is 0.00450. The van der Waals surface area contributed by atoms with Crippen LogP contribution in [-0.2, 0) is 17.6 Å². The van der Waals surface area contributed by atoms with Crippen LogP contribution in [-0.4, -0.2) is 64.4 Å². The number of fused-ring (bicyclic) bond motifs is 1. The van der Waals surface area contributed by atoms with Crippen LogP contribution in [0.4, 0.5) is 5.69 Å². The van der Waals surface area contributed by atoms with Crippen molar-refractivity contribution in [2.45, 2.75) is 45.8 Å². The summed E-state index contributed by atoms with van der Waals surface area (Å²) < 4.78 is 11.2. The second kappa shape index (κ2) is 10.9. The van der Waals surface area contributed by atoms with Crippen molar-refractivity contribution in [1.82, 2.24) is 20.4 Å². The number of benzene rings is 2. The molecule has 1 atom stereocenters. The van der Waals surface area contributed by atoms with E-state index in [1.807, 2.05) is 43.9 Å². The van der Waals surface area contributed by atoms with Crippen LogP contribution in [0.2, 0.25) is 0 Å². The lowest BCUT2D eigenvalue weighted by atomic mass is 10.00. The largest absolute Gasteiger partial charge is 0.489 e. The number of ether oxygens (including phenoxy) is 1. The van der Waals surface area contributed by atoms with Crippen molar-refractivity contribution in [3.8, 4) is 28.6 Å². The molecule has 0 radical (unpaired) electrons. The number of nitrogens with one attached hydrogen (secondary N) is 1. The van der Waals surface area contributed by atoms with Crippen molar-refractivity contribution in [2.24, 2.45) is 0 Å². The quantitative estimate of drug-likeness (QED) is 0.421. The molecule has 2 aromatic carbocycles. The summed E-state index contributed by atoms with van der Waals surface area (Å²) in [5, 5.41) is 16.4. The van der Waals surface area contributed by atoms with Gasteiger partial charge in [-0.05, 0) is 69.0 Å². The molecule has 186 valence electrons. The maximum Gasteiger partial charge on any atom is 0.258 e. The van der Waals surface area contributed by atoms with E-state index in [0.29, 0.717) is 36.2 Å². The van der Waals surface area contributed by atoms with Gasteiger partial charge in [0.1, 0.15) is 5.75 Å². The summed E-state index contributed by atoms with van der Waals surface area (Å²) in [6.45, 7) is 7.29. The number of carbonyl (C=O) groups excluding carboxylic acids is 1. The predicted octanol–water partition coefficient (Wildman–Crippen LogP) is 2.67. The van der Waals surface area contributed by atoms with Crippen LogP contribution < -0.4 is 15.8 Å². The highest BCUT2D eigenvalue weighted by Gasteiger charge is 2.20. The molecule has 1 aromatic heterocycles. The Morgan fingerprint density at radius 2 is 1.89 bits per heavy atom. The molecule has 1 aliphatic rings. The first kappa shape index (κ1) is 24.7. The van der Waals surface area contributed by atoms with E-state index in [1.165, 1.54) is 11.1 Å². The van der Waals surface area contributed by atoms with E-state index in [1.54, 1.807) is 6.07 Å². The molecular formula is C26H33N5O4. The number of nitrogens with zero attached hydrogens (tertiary/aromatic N) is 3. The molecule has 4 rings (SSSR count). The van der Waals surface area contributed by atoms with Gasteiger partial charge in [0.15, 0.2) is 0 Å². The van der Waals surface area contributed by atoms with Gasteiger partial charge in [-0.3, -0.25) is 4.79 Å². The second-order valence-corrected chi connectivity index (χ2v) is 9.17. The van der Waals surface area contributed by atoms with Crippen molar-refractivity contribution in [2.75, 3.05) is 32.0 Å². The second-order valence-electron chi connectivity index (χ2n) is 9.17. The third-order valence-electron chi connectivity index (χ3n) is 6.04. The van der Waals surface area contributed by atoms with E-state index in [-0.39, 0.29) is 31.2 Å². The number of nitrogens with two attached hydrogens (primary N) is 1. The first-order chi connectivity index (χ1) is 16.8. The lowest BCUT2D eigenvalue weighted by molar-refractivity contribution is -0.130. The number of nitrogen functional groups attached to an aromatic ring is 1. The number of carbonyl (C=O) groups is 1. The molecule has 0 saturated heterocycles. The minimum atomic E-state index is -0.103. The fourth-order valence-corrected chi connectivity index (χ4v) is 4.05. The molecule has 0 saturated carbocycles. The van der Waals surface area contributed by atoms with Crippen molar-refractivity contribution >= 4 is 11.6 Å². The molecule has 1 amide bonds. The maximum atomic E-state index is 12.6. The maximum absolute atomic E-state index is 12.6. The summed E-state index contributed by atoms with van der Waals surface area (Å²) in [4.78, 5) is 19.0. The molecule has 4 N–H and O–H groups in total. The van der Waals surface area contributed by atoms with Crippen LogP contribution in [0.3, 0.4) is 0 Å². The van der Waals surface area contributed by atoms with Gasteiger partial charge in [-0.2, -0.15) is 4.98 Å². The van der Waals surface area contributed by atoms with Gasteiger partial charge in [-0.15, -0.1) is 0 Å². The number of anilines is 1. The zero-order chi connectivity index (χ0) is 24.9. The van der Waals surface area contributed by atoms with Gasteiger partial charge >= 0.3 is 0 Å². The third kappa shape index (κ3) is 5.98. The molecule has 2 heterocycles. The fourth-order valence-electron chi connectivity index (χ4n) is 4.05. The van der Waals surface area contributed by atoms with Gasteiger partial charge in [0, 0.05) is 30.3 Å². The molecular weight excluding hydrogens is 446 g/mol. The molecule has 0 bridgehead atoms. The lowest BCUT2D eigenvalue weighted by Crippen LogP contribution is -2.42. The van der Waals surface area contributed by atoms with E-state index in [2.05, 4.69) is 27.6 Å². The van der Waals surface area contributed by atoms with E-state index < -0.39 is 0 Å². The number of aliphatic hydroxyl groups excluding tert-OH is 1. The topological polar surface area (TPSA) is 127 Å². The van der Waals surface area contributed by atoms with Crippen molar-refractivity contribution in [1.29, 1.82) is 0 Å². The van der Waals surface area contributed by atoms with Crippen molar-refractivity contribution in [3.63, 3.8) is 0 Å². The molecule has 1 aliphatic heterocycles. The highest BCUT2D eigenvalue weighted by atomic mass is 16.5. The van der Waals surface area contributed by atoms with E-state index >= 15 is 0 Å². The Hall–Kier alpha value is -3.43. The van der Waals surface area contributed by atoms with Gasteiger partial charge in [-0.1, -0.05) is 17.3 Å². The van der Waals surface area contributed by atoms with Crippen LogP contribution in [0.5, 0.6) is 5.75 Å². The minimum Gasteiger partial charge on any atom is -0.489 e. The molecule has 0 unspecified atom stereocenters. The molecule has 0 aliphatic carbocycles. The van der Waals surface area contributed by atoms with Gasteiger partial charge < -0.3 is 30.3 Å². The molecule has 9 nitrogen and oxygen atoms in total. The van der Waals surface area contributed by atoms with E-state index in [0.717, 1.165) is 24.0 Å². The number of aromatic nitrogens is 2. The highest BCUT2D eigenvalue weighted by Crippen LogP contribution is 2.30. The SMILES string of the molecule is CC(C)Oc1ccc(-c2nc(-c3ccc4c(c3)CCN(C(=O)CN[C@H](C)CO)CC4)no2)cc1N. The molecule has 35 heavy (non-hydrogen) atoms. The molecule has 3 aromatic rings. The van der Waals surface area contributed by atoms with Crippen LogP contribution in [0.25, 0.3) is 22.8 Å². The van der Waals surface area contributed by atoms with Crippen LogP contribution in [0, 0.1) is 0 Å². The normalized spacial score (nSPS) is 14.5. The number of hydrogen-bond acceptors (Lipinski definition) is 8. The average molecular weight is 480 g/mol. The third-order valence-corrected chi connectivity index (χ3v) is 6.04. The highest BCUT2D eigenvalue weighted by molar-refractivity contribution is 5.78. The number of aliphatic hydroxyl groups is 1. The summed E-state index contributed by atoms with van der Waals surface area (Å²) >= 11 is 0. The smallest absolute Gasteiger partial charge is 0.258 e. The standard InChI is InChI=1S/C26H33N5O4/c1-16(2)34-23-7-6-21(13-22(23)27)26-29-25(30-35-26)20-5-4-18-8-10-31(11-9-19(18)12-20)24(33)14-28-17(3)15-32/h4-7,12-13,16-17,28,32H,8-11,14-15,27H2,1-3H3/t17-/m1/s1. The zero-order valence-electron chi connectivity index (χ0n) is 20.5. The van der Waals surface area contributed by atoms with Gasteiger partial charge in [0.25, 0.3) is 5.89 Å². The van der Waals surface area contributed by atoms with Crippen LogP contribution >= 0.6 is 0 Å². The zero-order valence-corrected chi connectivity index (χ0v) is 20.5. The summed E-state index contributed by atoms with van der Waals surface area (Å²) in [5.74, 6) is 1.56. The summed E-state index contributed by atoms with van der Waals surface area (Å²) in [5.41, 5.74) is 10.6. The Kier molecular flexibility index (Phi) is 7.67. The number of rotatable bonds is 8. The Morgan fingerprint density at radius 3 is 2.60 bits per heavy atom. The number of amides is 1. The van der Waals surface area contributed by atoms with Gasteiger partial charge in [-0.25, -0.2) is 0 Å². The van der Waals surface area contributed by atoms with Gasteiger partial charge in [0.05, 0.1) is 24.9 Å². The Bertz CT molecular complexity index is 1180. The first-order valence-electron chi connectivity index (χ1n) is 12.0. The number of hydrogen-bond donors (Lipinski definition) is 3. The summed E-state index contributed by atoms with van der Waals surface area (Å²) in [6, 6.07) is 11.5. The van der Waals surface area contributed by atoms with E-state index in [9.17, 15) is 4.79 Å². The first-order valence-corrected chi connectivity index (χ1v) is 12.0. The Balaban J connectivity index is 1.45. The lowest BCUT2D eigenvalue weighted by Gasteiger charge is -2.21. The molecule has 0 spiro atoms.